The number of pyridine rings is 1. The molecule has 3 aromatic rings. The van der Waals surface area contributed by atoms with Crippen LogP contribution in [0.1, 0.15) is 22.3 Å². The standard InChI is InChI=1S/C20H21NO7S/c1-25-8-4-9-28-20(22)16-11-21-18-15(5-3-6-17(18)26-2)19(16)29(23,24)13-14-7-10-27-12-14/h3,5-7,10-12H,4,8-9,13H2,1-2H3. The summed E-state index contributed by atoms with van der Waals surface area (Å²) in [5, 5.41) is 0.291. The van der Waals surface area contributed by atoms with Crippen molar-refractivity contribution in [3.63, 3.8) is 0 Å². The maximum Gasteiger partial charge on any atom is 0.341 e. The summed E-state index contributed by atoms with van der Waals surface area (Å²) in [6.07, 6.45) is 4.45. The maximum absolute atomic E-state index is 13.3. The molecule has 29 heavy (non-hydrogen) atoms. The van der Waals surface area contributed by atoms with Crippen LogP contribution < -0.4 is 4.74 Å². The minimum absolute atomic E-state index is 0.101. The molecule has 0 radical (unpaired) electrons. The number of esters is 1. The molecule has 0 amide bonds. The predicted molar refractivity (Wildman–Crippen MR) is 105 cm³/mol. The second-order valence-corrected chi connectivity index (χ2v) is 8.16. The Labute approximate surface area is 168 Å². The summed E-state index contributed by atoms with van der Waals surface area (Å²) in [6.45, 7) is 0.524. The zero-order valence-electron chi connectivity index (χ0n) is 16.1. The van der Waals surface area contributed by atoms with E-state index < -0.39 is 15.8 Å². The van der Waals surface area contributed by atoms with Gasteiger partial charge in [-0.1, -0.05) is 12.1 Å². The Hall–Kier alpha value is -2.91. The van der Waals surface area contributed by atoms with Crippen LogP contribution in [-0.2, 0) is 25.1 Å². The highest BCUT2D eigenvalue weighted by Crippen LogP contribution is 2.33. The lowest BCUT2D eigenvalue weighted by atomic mass is 10.1. The summed E-state index contributed by atoms with van der Waals surface area (Å²) in [4.78, 5) is 16.8. The number of rotatable bonds is 9. The molecule has 0 saturated heterocycles. The summed E-state index contributed by atoms with van der Waals surface area (Å²) >= 11 is 0. The van der Waals surface area contributed by atoms with E-state index in [4.69, 9.17) is 18.6 Å². The van der Waals surface area contributed by atoms with Gasteiger partial charge in [-0.15, -0.1) is 0 Å². The number of methoxy groups -OCH3 is 2. The highest BCUT2D eigenvalue weighted by atomic mass is 32.2. The van der Waals surface area contributed by atoms with E-state index in [-0.39, 0.29) is 22.8 Å². The fourth-order valence-electron chi connectivity index (χ4n) is 2.93. The van der Waals surface area contributed by atoms with Crippen molar-refractivity contribution in [2.75, 3.05) is 27.4 Å². The molecule has 2 heterocycles. The lowest BCUT2D eigenvalue weighted by Gasteiger charge is -2.14. The van der Waals surface area contributed by atoms with Gasteiger partial charge < -0.3 is 18.6 Å². The first-order chi connectivity index (χ1) is 14.0. The predicted octanol–water partition coefficient (Wildman–Crippen LogP) is 3.00. The minimum atomic E-state index is -3.93. The molecular formula is C20H21NO7S. The number of sulfone groups is 1. The van der Waals surface area contributed by atoms with E-state index in [2.05, 4.69) is 4.98 Å². The molecule has 0 atom stereocenters. The van der Waals surface area contributed by atoms with Crippen LogP contribution in [0.25, 0.3) is 10.9 Å². The number of nitrogens with zero attached hydrogens (tertiary/aromatic N) is 1. The van der Waals surface area contributed by atoms with Gasteiger partial charge in [0.05, 0.1) is 42.5 Å². The van der Waals surface area contributed by atoms with Crippen LogP contribution in [0.3, 0.4) is 0 Å². The molecule has 0 spiro atoms. The second kappa shape index (κ2) is 9.06. The smallest absolute Gasteiger partial charge is 0.341 e. The van der Waals surface area contributed by atoms with Gasteiger partial charge in [0.15, 0.2) is 9.84 Å². The van der Waals surface area contributed by atoms with Crippen molar-refractivity contribution in [2.24, 2.45) is 0 Å². The Morgan fingerprint density at radius 2 is 2.00 bits per heavy atom. The first-order valence-corrected chi connectivity index (χ1v) is 10.5. The molecule has 2 aromatic heterocycles. The maximum atomic E-state index is 13.3. The highest BCUT2D eigenvalue weighted by molar-refractivity contribution is 7.91. The zero-order valence-corrected chi connectivity index (χ0v) is 16.9. The van der Waals surface area contributed by atoms with Gasteiger partial charge in [-0.2, -0.15) is 0 Å². The molecule has 9 heteroatoms. The molecule has 0 aliphatic heterocycles. The number of carbonyl (C=O) groups is 1. The van der Waals surface area contributed by atoms with Gasteiger partial charge in [0.1, 0.15) is 11.3 Å². The number of fused-ring (bicyclic) bond motifs is 1. The zero-order chi connectivity index (χ0) is 20.9. The topological polar surface area (TPSA) is 105 Å². The van der Waals surface area contributed by atoms with Gasteiger partial charge in [0, 0.05) is 37.3 Å². The van der Waals surface area contributed by atoms with E-state index >= 15 is 0 Å². The number of ether oxygens (including phenoxy) is 3. The van der Waals surface area contributed by atoms with Crippen LogP contribution in [0, 0.1) is 0 Å². The lowest BCUT2D eigenvalue weighted by Crippen LogP contribution is -2.16. The molecule has 0 aliphatic rings. The van der Waals surface area contributed by atoms with Crippen LogP contribution >= 0.6 is 0 Å². The Kier molecular flexibility index (Phi) is 6.50. The Balaban J connectivity index is 2.11. The fraction of sp³-hybridized carbons (Fsp3) is 0.300. The van der Waals surface area contributed by atoms with E-state index in [0.29, 0.717) is 35.2 Å². The molecule has 0 saturated carbocycles. The van der Waals surface area contributed by atoms with Crippen molar-refractivity contribution in [1.82, 2.24) is 4.98 Å². The van der Waals surface area contributed by atoms with Crippen molar-refractivity contribution in [3.05, 3.63) is 54.1 Å². The van der Waals surface area contributed by atoms with Crippen LogP contribution in [0.15, 0.2) is 52.3 Å². The Morgan fingerprint density at radius 1 is 1.17 bits per heavy atom. The monoisotopic (exact) mass is 419 g/mol. The van der Waals surface area contributed by atoms with Crippen LogP contribution in [0.4, 0.5) is 0 Å². The van der Waals surface area contributed by atoms with Gasteiger partial charge in [0.2, 0.25) is 0 Å². The van der Waals surface area contributed by atoms with Gasteiger partial charge in [-0.05, 0) is 12.1 Å². The molecule has 1 aromatic carbocycles. The third-order valence-electron chi connectivity index (χ3n) is 4.22. The third-order valence-corrected chi connectivity index (χ3v) is 6.00. The van der Waals surface area contributed by atoms with Crippen molar-refractivity contribution >= 4 is 26.7 Å². The molecule has 8 nitrogen and oxygen atoms in total. The van der Waals surface area contributed by atoms with Gasteiger partial charge in [-0.25, -0.2) is 13.2 Å². The first kappa shape index (κ1) is 20.8. The second-order valence-electron chi connectivity index (χ2n) is 6.23. The molecule has 154 valence electrons. The summed E-state index contributed by atoms with van der Waals surface area (Å²) in [6, 6.07) is 6.47. The number of hydrogen-bond donors (Lipinski definition) is 0. The molecule has 0 aliphatic carbocycles. The average Bonchev–Trinajstić information content (AvgIpc) is 3.21. The van der Waals surface area contributed by atoms with Crippen LogP contribution in [0.5, 0.6) is 5.75 Å². The molecule has 0 bridgehead atoms. The quantitative estimate of drug-likeness (QED) is 0.385. The molecule has 0 N–H and O–H groups in total. The average molecular weight is 419 g/mol. The Morgan fingerprint density at radius 3 is 2.69 bits per heavy atom. The number of para-hydroxylation sites is 1. The summed E-state index contributed by atoms with van der Waals surface area (Å²) in [5.41, 5.74) is 0.695. The third kappa shape index (κ3) is 4.57. The van der Waals surface area contributed by atoms with E-state index in [0.717, 1.165) is 0 Å². The van der Waals surface area contributed by atoms with Gasteiger partial charge in [0.25, 0.3) is 0 Å². The first-order valence-electron chi connectivity index (χ1n) is 8.83. The molecule has 3 rings (SSSR count). The molecular weight excluding hydrogens is 398 g/mol. The fourth-order valence-corrected chi connectivity index (χ4v) is 4.65. The largest absolute Gasteiger partial charge is 0.494 e. The number of aromatic nitrogens is 1. The van der Waals surface area contributed by atoms with E-state index in [1.807, 2.05) is 0 Å². The van der Waals surface area contributed by atoms with E-state index in [1.54, 1.807) is 31.4 Å². The Bertz CT molecular complexity index is 1090. The SMILES string of the molecule is COCCCOC(=O)c1cnc2c(OC)cccc2c1S(=O)(=O)Cc1ccoc1. The number of benzene rings is 1. The highest BCUT2D eigenvalue weighted by Gasteiger charge is 2.28. The molecule has 0 unspecified atom stereocenters. The number of hydrogen-bond acceptors (Lipinski definition) is 8. The number of furan rings is 1. The summed E-state index contributed by atoms with van der Waals surface area (Å²) < 4.78 is 47.0. The van der Waals surface area contributed by atoms with Crippen molar-refractivity contribution in [1.29, 1.82) is 0 Å². The van der Waals surface area contributed by atoms with Crippen molar-refractivity contribution in [2.45, 2.75) is 17.1 Å². The van der Waals surface area contributed by atoms with Crippen molar-refractivity contribution in [3.8, 4) is 5.75 Å². The minimum Gasteiger partial charge on any atom is -0.494 e. The van der Waals surface area contributed by atoms with Crippen molar-refractivity contribution < 1.29 is 31.8 Å². The van der Waals surface area contributed by atoms with Crippen LogP contribution in [-0.4, -0.2) is 46.8 Å². The normalized spacial score (nSPS) is 11.5. The van der Waals surface area contributed by atoms with E-state index in [1.165, 1.54) is 25.8 Å². The summed E-state index contributed by atoms with van der Waals surface area (Å²) in [7, 11) is -0.916. The van der Waals surface area contributed by atoms with Crippen LogP contribution in [0.2, 0.25) is 0 Å². The van der Waals surface area contributed by atoms with Gasteiger partial charge >= 0.3 is 5.97 Å². The van der Waals surface area contributed by atoms with E-state index in [9.17, 15) is 13.2 Å². The molecule has 0 fully saturated rings. The number of carbonyl (C=O) groups excluding carboxylic acids is 1. The lowest BCUT2D eigenvalue weighted by molar-refractivity contribution is 0.0464. The summed E-state index contributed by atoms with van der Waals surface area (Å²) in [5.74, 6) is -0.685. The van der Waals surface area contributed by atoms with Gasteiger partial charge in [-0.3, -0.25) is 4.98 Å².